The lowest BCUT2D eigenvalue weighted by atomic mass is 10.1. The van der Waals surface area contributed by atoms with Gasteiger partial charge in [0.2, 0.25) is 0 Å². The molecule has 1 aliphatic rings. The van der Waals surface area contributed by atoms with Crippen LogP contribution in [0, 0.1) is 12.7 Å². The molecular formula is C23H20F4N6O. The minimum absolute atomic E-state index is 0.127. The number of amides is 1. The van der Waals surface area contributed by atoms with Crippen LogP contribution in [0.2, 0.25) is 0 Å². The minimum Gasteiger partial charge on any atom is -0.337 e. The fraction of sp³-hybridized carbons (Fsp3) is 0.304. The van der Waals surface area contributed by atoms with Crippen molar-refractivity contribution >= 4 is 11.6 Å². The fourth-order valence-corrected chi connectivity index (χ4v) is 4.30. The Labute approximate surface area is 191 Å². The maximum atomic E-state index is 13.5. The Hall–Kier alpha value is -3.76. The van der Waals surface area contributed by atoms with Gasteiger partial charge in [0.15, 0.2) is 5.65 Å². The molecule has 1 fully saturated rings. The zero-order chi connectivity index (χ0) is 24.2. The zero-order valence-electron chi connectivity index (χ0n) is 18.3. The van der Waals surface area contributed by atoms with Gasteiger partial charge in [0, 0.05) is 43.4 Å². The second-order valence-corrected chi connectivity index (χ2v) is 8.40. The highest BCUT2D eigenvalue weighted by Crippen LogP contribution is 2.33. The third-order valence-electron chi connectivity index (χ3n) is 6.00. The van der Waals surface area contributed by atoms with Gasteiger partial charge in [-0.1, -0.05) is 0 Å². The number of rotatable bonds is 3. The van der Waals surface area contributed by atoms with E-state index in [-0.39, 0.29) is 29.0 Å². The van der Waals surface area contributed by atoms with Crippen molar-refractivity contribution in [3.63, 3.8) is 0 Å². The number of carbonyl (C=O) groups is 1. The Morgan fingerprint density at radius 1 is 1.09 bits per heavy atom. The van der Waals surface area contributed by atoms with Crippen LogP contribution in [0.15, 0.2) is 42.5 Å². The molecule has 4 aromatic rings. The van der Waals surface area contributed by atoms with E-state index in [9.17, 15) is 22.4 Å². The van der Waals surface area contributed by atoms with Crippen molar-refractivity contribution in [3.8, 4) is 11.3 Å². The van der Waals surface area contributed by atoms with Crippen LogP contribution in [0.25, 0.3) is 16.9 Å². The van der Waals surface area contributed by atoms with Gasteiger partial charge >= 0.3 is 6.18 Å². The number of aromatic nitrogens is 5. The first-order chi connectivity index (χ1) is 16.1. The van der Waals surface area contributed by atoms with Gasteiger partial charge in [-0.3, -0.25) is 9.48 Å². The van der Waals surface area contributed by atoms with E-state index in [4.69, 9.17) is 0 Å². The summed E-state index contributed by atoms with van der Waals surface area (Å²) in [4.78, 5) is 19.0. The van der Waals surface area contributed by atoms with Crippen molar-refractivity contribution < 1.29 is 22.4 Å². The van der Waals surface area contributed by atoms with Crippen molar-refractivity contribution in [2.24, 2.45) is 7.05 Å². The second kappa shape index (κ2) is 7.93. The van der Waals surface area contributed by atoms with Gasteiger partial charge in [0.05, 0.1) is 11.4 Å². The van der Waals surface area contributed by atoms with E-state index in [0.29, 0.717) is 42.2 Å². The third-order valence-corrected chi connectivity index (χ3v) is 6.00. The van der Waals surface area contributed by atoms with Crippen molar-refractivity contribution in [2.75, 3.05) is 13.1 Å². The van der Waals surface area contributed by atoms with Crippen molar-refractivity contribution in [3.05, 3.63) is 71.1 Å². The zero-order valence-corrected chi connectivity index (χ0v) is 18.3. The van der Waals surface area contributed by atoms with Crippen LogP contribution in [0.5, 0.6) is 0 Å². The summed E-state index contributed by atoms with van der Waals surface area (Å²) in [6.45, 7) is 2.26. The molecule has 0 N–H and O–H groups in total. The van der Waals surface area contributed by atoms with Crippen LogP contribution in [0.3, 0.4) is 0 Å². The van der Waals surface area contributed by atoms with Crippen molar-refractivity contribution in [1.82, 2.24) is 29.3 Å². The van der Waals surface area contributed by atoms with E-state index in [1.807, 2.05) is 0 Å². The lowest BCUT2D eigenvalue weighted by Gasteiger charge is -2.15. The molecule has 1 aliphatic heterocycles. The smallest absolute Gasteiger partial charge is 0.337 e. The molecule has 4 heterocycles. The highest BCUT2D eigenvalue weighted by Gasteiger charge is 2.36. The molecular weight excluding hydrogens is 452 g/mol. The maximum absolute atomic E-state index is 13.5. The molecule has 0 saturated carbocycles. The molecule has 0 unspecified atom stereocenters. The lowest BCUT2D eigenvalue weighted by Crippen LogP contribution is -2.30. The third kappa shape index (κ3) is 3.91. The Kier molecular flexibility index (Phi) is 5.14. The average Bonchev–Trinajstić information content (AvgIpc) is 3.50. The number of nitrogens with zero attached hydrogens (tertiary/aromatic N) is 6. The maximum Gasteiger partial charge on any atom is 0.433 e. The Morgan fingerprint density at radius 3 is 2.53 bits per heavy atom. The van der Waals surface area contributed by atoms with Crippen LogP contribution in [-0.4, -0.2) is 48.3 Å². The molecule has 0 bridgehead atoms. The van der Waals surface area contributed by atoms with E-state index >= 15 is 0 Å². The number of benzene rings is 1. The molecule has 11 heteroatoms. The summed E-state index contributed by atoms with van der Waals surface area (Å²) < 4.78 is 55.9. The van der Waals surface area contributed by atoms with Gasteiger partial charge in [-0.05, 0) is 49.7 Å². The lowest BCUT2D eigenvalue weighted by molar-refractivity contribution is -0.142. The number of alkyl halides is 3. The van der Waals surface area contributed by atoms with Crippen LogP contribution in [0.4, 0.5) is 17.6 Å². The topological polar surface area (TPSA) is 68.3 Å². The fourth-order valence-electron chi connectivity index (χ4n) is 4.30. The number of hydrogen-bond donors (Lipinski definition) is 0. The number of carbonyl (C=O) groups excluding carboxylic acids is 1. The quantitative estimate of drug-likeness (QED) is 0.419. The monoisotopic (exact) mass is 472 g/mol. The average molecular weight is 472 g/mol. The van der Waals surface area contributed by atoms with E-state index < -0.39 is 11.9 Å². The summed E-state index contributed by atoms with van der Waals surface area (Å²) in [5, 5.41) is 8.55. The van der Waals surface area contributed by atoms with Crippen LogP contribution < -0.4 is 0 Å². The molecule has 0 spiro atoms. The van der Waals surface area contributed by atoms with Gasteiger partial charge in [-0.15, -0.1) is 0 Å². The molecule has 1 saturated heterocycles. The molecule has 5 rings (SSSR count). The van der Waals surface area contributed by atoms with Gasteiger partial charge in [-0.25, -0.2) is 13.9 Å². The predicted octanol–water partition coefficient (Wildman–Crippen LogP) is 4.23. The van der Waals surface area contributed by atoms with Gasteiger partial charge in [-0.2, -0.15) is 23.4 Å². The van der Waals surface area contributed by atoms with E-state index in [0.717, 1.165) is 10.6 Å². The minimum atomic E-state index is -4.56. The molecule has 0 aliphatic carbocycles. The van der Waals surface area contributed by atoms with Crippen molar-refractivity contribution in [1.29, 1.82) is 0 Å². The van der Waals surface area contributed by atoms with E-state index in [1.54, 1.807) is 36.2 Å². The molecule has 0 radical (unpaired) electrons. The molecule has 176 valence electrons. The molecule has 1 atom stereocenters. The Balaban J connectivity index is 1.38. The van der Waals surface area contributed by atoms with Gasteiger partial charge < -0.3 is 4.90 Å². The van der Waals surface area contributed by atoms with Gasteiger partial charge in [0.25, 0.3) is 5.91 Å². The van der Waals surface area contributed by atoms with E-state index in [2.05, 4.69) is 15.2 Å². The highest BCUT2D eigenvalue weighted by atomic mass is 19.4. The van der Waals surface area contributed by atoms with Crippen LogP contribution >= 0.6 is 0 Å². The Morgan fingerprint density at radius 2 is 1.82 bits per heavy atom. The number of fused-ring (bicyclic) bond motifs is 1. The number of hydrogen-bond acceptors (Lipinski definition) is 4. The molecule has 7 nitrogen and oxygen atoms in total. The molecule has 34 heavy (non-hydrogen) atoms. The first kappa shape index (κ1) is 22.1. The highest BCUT2D eigenvalue weighted by molar-refractivity contribution is 5.94. The Bertz CT molecular complexity index is 1390. The predicted molar refractivity (Wildman–Crippen MR) is 115 cm³/mol. The van der Waals surface area contributed by atoms with Crippen LogP contribution in [-0.2, 0) is 13.2 Å². The summed E-state index contributed by atoms with van der Waals surface area (Å²) in [6, 6.07) is 10.00. The normalized spacial score (nSPS) is 16.5. The summed E-state index contributed by atoms with van der Waals surface area (Å²) in [5.41, 5.74) is 1.56. The first-order valence-electron chi connectivity index (χ1n) is 10.6. The summed E-state index contributed by atoms with van der Waals surface area (Å²) >= 11 is 0. The largest absolute Gasteiger partial charge is 0.433 e. The van der Waals surface area contributed by atoms with E-state index in [1.165, 1.54) is 23.7 Å². The summed E-state index contributed by atoms with van der Waals surface area (Å²) in [7, 11) is 1.66. The number of aryl methyl sites for hydroxylation is 2. The molecule has 1 amide bonds. The molecule has 3 aromatic heterocycles. The standard InChI is InChI=1S/C23H20F4N6O/c1-13-9-20(23(25,26)27)33-21(28-13)11-18(30-33)15-7-8-32(12-15)22(34)19-10-17(29-31(19)2)14-3-5-16(24)6-4-14/h3-6,9-11,15H,7-8,12H2,1-2H3/t15-/m0/s1. The number of halogens is 4. The first-order valence-corrected chi connectivity index (χ1v) is 10.6. The number of likely N-dealkylation sites (tertiary alicyclic amines) is 1. The molecule has 1 aromatic carbocycles. The summed E-state index contributed by atoms with van der Waals surface area (Å²) in [5.74, 6) is -0.810. The second-order valence-electron chi connectivity index (χ2n) is 8.40. The summed E-state index contributed by atoms with van der Waals surface area (Å²) in [6.07, 6.45) is -3.99. The van der Waals surface area contributed by atoms with Crippen molar-refractivity contribution in [2.45, 2.75) is 25.4 Å². The van der Waals surface area contributed by atoms with Gasteiger partial charge in [0.1, 0.15) is 17.2 Å². The van der Waals surface area contributed by atoms with Crippen LogP contribution in [0.1, 0.15) is 39.9 Å². The SMILES string of the molecule is Cc1cc(C(F)(F)F)n2nc([C@H]3CCN(C(=O)c4cc(-c5ccc(F)cc5)nn4C)C3)cc2n1.